The number of fused-ring (bicyclic) bond motifs is 1. The lowest BCUT2D eigenvalue weighted by Crippen LogP contribution is -2.49. The topological polar surface area (TPSA) is 44.8 Å². The van der Waals surface area contributed by atoms with Crippen molar-refractivity contribution in [1.82, 2.24) is 9.80 Å². The van der Waals surface area contributed by atoms with E-state index >= 15 is 0 Å². The number of likely N-dealkylation sites (N-methyl/N-ethyl adjacent to an activating group) is 1. The van der Waals surface area contributed by atoms with Crippen molar-refractivity contribution >= 4 is 11.7 Å². The van der Waals surface area contributed by atoms with Crippen molar-refractivity contribution in [3.05, 3.63) is 24.3 Å². The number of benzene rings is 1. The van der Waals surface area contributed by atoms with Gasteiger partial charge in [-0.2, -0.15) is 8.78 Å². The van der Waals surface area contributed by atoms with Crippen LogP contribution in [0.2, 0.25) is 0 Å². The number of carbonyl (C=O) groups is 1. The van der Waals surface area contributed by atoms with E-state index in [9.17, 15) is 13.6 Å². The molecule has 2 fully saturated rings. The van der Waals surface area contributed by atoms with Gasteiger partial charge in [0.2, 0.25) is 0 Å². The van der Waals surface area contributed by atoms with Gasteiger partial charge in [-0.3, -0.25) is 0 Å². The van der Waals surface area contributed by atoms with Crippen LogP contribution in [0.1, 0.15) is 12.8 Å². The summed E-state index contributed by atoms with van der Waals surface area (Å²) in [7, 11) is 2.05. The molecule has 2 amide bonds. The van der Waals surface area contributed by atoms with Crippen molar-refractivity contribution in [2.24, 2.45) is 5.92 Å². The Labute approximate surface area is 134 Å². The number of anilines is 1. The number of ether oxygens (including phenoxy) is 1. The molecule has 2 aliphatic rings. The van der Waals surface area contributed by atoms with Crippen LogP contribution in [0.3, 0.4) is 0 Å². The minimum Gasteiger partial charge on any atom is -0.433 e. The zero-order valence-electron chi connectivity index (χ0n) is 13.0. The maximum Gasteiger partial charge on any atom is 0.387 e. The molecule has 7 heteroatoms. The van der Waals surface area contributed by atoms with Gasteiger partial charge in [-0.1, -0.05) is 12.1 Å². The first-order chi connectivity index (χ1) is 11.0. The number of nitrogens with one attached hydrogen (secondary N) is 1. The molecule has 1 aromatic carbocycles. The smallest absolute Gasteiger partial charge is 0.387 e. The van der Waals surface area contributed by atoms with Gasteiger partial charge in [-0.15, -0.1) is 0 Å². The van der Waals surface area contributed by atoms with Gasteiger partial charge in [-0.05, 0) is 44.5 Å². The Morgan fingerprint density at radius 2 is 2.04 bits per heavy atom. The zero-order valence-corrected chi connectivity index (χ0v) is 13.0. The number of piperidine rings is 1. The first-order valence-corrected chi connectivity index (χ1v) is 7.84. The summed E-state index contributed by atoms with van der Waals surface area (Å²) in [6.45, 7) is -0.307. The Morgan fingerprint density at radius 3 is 2.83 bits per heavy atom. The Kier molecular flexibility index (Phi) is 4.66. The molecule has 2 atom stereocenters. The molecule has 0 aliphatic carbocycles. The van der Waals surface area contributed by atoms with Gasteiger partial charge in [0, 0.05) is 19.1 Å². The van der Waals surface area contributed by atoms with Crippen LogP contribution in [0.5, 0.6) is 5.75 Å². The predicted molar refractivity (Wildman–Crippen MR) is 82.8 cm³/mol. The molecule has 2 saturated heterocycles. The minimum absolute atomic E-state index is 0.0210. The summed E-state index contributed by atoms with van der Waals surface area (Å²) in [6.07, 6.45) is 2.09. The monoisotopic (exact) mass is 325 g/mol. The van der Waals surface area contributed by atoms with Crippen LogP contribution in [0.25, 0.3) is 0 Å². The number of hydrogen-bond acceptors (Lipinski definition) is 3. The lowest BCUT2D eigenvalue weighted by Gasteiger charge is -2.36. The molecule has 2 heterocycles. The summed E-state index contributed by atoms with van der Waals surface area (Å²) in [5, 5.41) is 2.72. The fourth-order valence-corrected chi connectivity index (χ4v) is 3.51. The van der Waals surface area contributed by atoms with Gasteiger partial charge in [-0.25, -0.2) is 4.79 Å². The number of para-hydroxylation sites is 2. The number of amides is 2. The molecule has 23 heavy (non-hydrogen) atoms. The highest BCUT2D eigenvalue weighted by atomic mass is 19.3. The minimum atomic E-state index is -2.92. The summed E-state index contributed by atoms with van der Waals surface area (Å²) in [5.41, 5.74) is 0.269. The van der Waals surface area contributed by atoms with Crippen LogP contribution >= 0.6 is 0 Å². The Balaban J connectivity index is 1.70. The Bertz CT molecular complexity index is 570. The van der Waals surface area contributed by atoms with E-state index in [4.69, 9.17) is 0 Å². The van der Waals surface area contributed by atoms with Crippen LogP contribution in [-0.2, 0) is 0 Å². The number of carbonyl (C=O) groups excluding carboxylic acids is 1. The molecule has 0 radical (unpaired) electrons. The van der Waals surface area contributed by atoms with E-state index in [2.05, 4.69) is 22.0 Å². The van der Waals surface area contributed by atoms with Crippen molar-refractivity contribution in [3.8, 4) is 5.75 Å². The van der Waals surface area contributed by atoms with E-state index in [-0.39, 0.29) is 23.5 Å². The fraction of sp³-hybridized carbons (Fsp3) is 0.562. The molecule has 1 aromatic rings. The average molecular weight is 325 g/mol. The van der Waals surface area contributed by atoms with Crippen LogP contribution < -0.4 is 10.1 Å². The van der Waals surface area contributed by atoms with Crippen LogP contribution in [-0.4, -0.2) is 55.2 Å². The largest absolute Gasteiger partial charge is 0.433 e. The maximum absolute atomic E-state index is 12.6. The van der Waals surface area contributed by atoms with E-state index < -0.39 is 6.61 Å². The highest BCUT2D eigenvalue weighted by molar-refractivity contribution is 5.91. The zero-order chi connectivity index (χ0) is 16.4. The number of rotatable bonds is 3. The van der Waals surface area contributed by atoms with Crippen molar-refractivity contribution < 1.29 is 18.3 Å². The van der Waals surface area contributed by atoms with Crippen molar-refractivity contribution in [2.45, 2.75) is 25.5 Å². The van der Waals surface area contributed by atoms with Crippen molar-refractivity contribution in [2.75, 3.05) is 32.0 Å². The van der Waals surface area contributed by atoms with Gasteiger partial charge < -0.3 is 19.9 Å². The third kappa shape index (κ3) is 3.55. The predicted octanol–water partition coefficient (Wildman–Crippen LogP) is 2.85. The second-order valence-electron chi connectivity index (χ2n) is 6.17. The molecule has 126 valence electrons. The number of likely N-dealkylation sites (tertiary alicyclic amines) is 2. The molecule has 2 aliphatic heterocycles. The Hall–Kier alpha value is -1.89. The number of alkyl halides is 2. The molecule has 0 unspecified atom stereocenters. The number of urea groups is 1. The standard InChI is InChI=1S/C16H21F2N3O2/c1-20-8-6-11-7-9-21(13(11)10-20)16(22)19-12-4-2-3-5-14(12)23-15(17)18/h2-5,11,13,15H,6-10H2,1H3,(H,19,22)/t11-,13-/m0/s1. The summed E-state index contributed by atoms with van der Waals surface area (Å²) in [4.78, 5) is 16.6. The normalized spacial score (nSPS) is 24.6. The average Bonchev–Trinajstić information content (AvgIpc) is 2.91. The highest BCUT2D eigenvalue weighted by Gasteiger charge is 2.39. The quantitative estimate of drug-likeness (QED) is 0.929. The van der Waals surface area contributed by atoms with E-state index in [1.807, 2.05) is 4.90 Å². The molecule has 0 aromatic heterocycles. The van der Waals surface area contributed by atoms with Gasteiger partial charge >= 0.3 is 12.6 Å². The SMILES string of the molecule is CN1CC[C@H]2CCN(C(=O)Nc3ccccc3OC(F)F)[C@H]2C1. The van der Waals surface area contributed by atoms with E-state index in [0.29, 0.717) is 12.5 Å². The lowest BCUT2D eigenvalue weighted by molar-refractivity contribution is -0.0493. The van der Waals surface area contributed by atoms with Crippen LogP contribution in [0.4, 0.5) is 19.3 Å². The summed E-state index contributed by atoms with van der Waals surface area (Å²) in [5.74, 6) is 0.511. The second kappa shape index (κ2) is 6.70. The van der Waals surface area contributed by atoms with Gasteiger partial charge in [0.15, 0.2) is 0 Å². The molecular formula is C16H21F2N3O2. The first-order valence-electron chi connectivity index (χ1n) is 7.84. The maximum atomic E-state index is 12.6. The van der Waals surface area contributed by atoms with E-state index in [1.165, 1.54) is 6.07 Å². The Morgan fingerprint density at radius 1 is 1.30 bits per heavy atom. The van der Waals surface area contributed by atoms with Gasteiger partial charge in [0.05, 0.1) is 5.69 Å². The van der Waals surface area contributed by atoms with Crippen molar-refractivity contribution in [1.29, 1.82) is 0 Å². The molecular weight excluding hydrogens is 304 g/mol. The number of nitrogens with zero attached hydrogens (tertiary/aromatic N) is 2. The lowest BCUT2D eigenvalue weighted by atomic mass is 9.92. The summed E-state index contributed by atoms with van der Waals surface area (Å²) >= 11 is 0. The first kappa shape index (κ1) is 16.0. The molecule has 0 spiro atoms. The van der Waals surface area contributed by atoms with Gasteiger partial charge in [0.25, 0.3) is 0 Å². The van der Waals surface area contributed by atoms with Crippen molar-refractivity contribution in [3.63, 3.8) is 0 Å². The second-order valence-corrected chi connectivity index (χ2v) is 6.17. The van der Waals surface area contributed by atoms with Crippen LogP contribution in [0, 0.1) is 5.92 Å². The third-order valence-corrected chi connectivity index (χ3v) is 4.67. The van der Waals surface area contributed by atoms with Gasteiger partial charge in [0.1, 0.15) is 5.75 Å². The highest BCUT2D eigenvalue weighted by Crippen LogP contribution is 2.32. The molecule has 1 N–H and O–H groups in total. The fourth-order valence-electron chi connectivity index (χ4n) is 3.51. The molecule has 5 nitrogen and oxygen atoms in total. The van der Waals surface area contributed by atoms with Crippen LogP contribution in [0.15, 0.2) is 24.3 Å². The summed E-state index contributed by atoms with van der Waals surface area (Å²) in [6, 6.07) is 6.19. The third-order valence-electron chi connectivity index (χ3n) is 4.67. The van der Waals surface area contributed by atoms with E-state index in [0.717, 1.165) is 25.9 Å². The number of halogens is 2. The molecule has 3 rings (SSSR count). The molecule has 0 saturated carbocycles. The van der Waals surface area contributed by atoms with E-state index in [1.54, 1.807) is 18.2 Å². The summed E-state index contributed by atoms with van der Waals surface area (Å²) < 4.78 is 29.4. The number of hydrogen-bond donors (Lipinski definition) is 1. The molecule has 0 bridgehead atoms.